The number of nitro benzene ring substituents is 1. The molecule has 0 N–H and O–H groups in total. The molecule has 100 valence electrons. The number of rotatable bonds is 6. The lowest BCUT2D eigenvalue weighted by Crippen LogP contribution is -2.32. The molecule has 19 heavy (non-hydrogen) atoms. The molecule has 0 bridgehead atoms. The molecule has 7 heteroatoms. The summed E-state index contributed by atoms with van der Waals surface area (Å²) in [6, 6.07) is 7.42. The molecule has 0 aliphatic carbocycles. The molecule has 0 unspecified atom stereocenters. The van der Waals surface area contributed by atoms with Gasteiger partial charge in [-0.05, 0) is 12.1 Å². The van der Waals surface area contributed by atoms with Gasteiger partial charge in [0, 0.05) is 25.7 Å². The van der Waals surface area contributed by atoms with Crippen LogP contribution in [0.5, 0.6) is 5.75 Å². The van der Waals surface area contributed by atoms with Gasteiger partial charge in [-0.3, -0.25) is 14.9 Å². The van der Waals surface area contributed by atoms with Gasteiger partial charge in [-0.1, -0.05) is 0 Å². The highest BCUT2D eigenvalue weighted by atomic mass is 16.6. The van der Waals surface area contributed by atoms with Crippen molar-refractivity contribution in [1.82, 2.24) is 4.90 Å². The van der Waals surface area contributed by atoms with Crippen LogP contribution in [0.3, 0.4) is 0 Å². The van der Waals surface area contributed by atoms with Gasteiger partial charge in [-0.15, -0.1) is 0 Å². The summed E-state index contributed by atoms with van der Waals surface area (Å²) in [7, 11) is 1.58. The van der Waals surface area contributed by atoms with Crippen LogP contribution in [0.1, 0.15) is 6.42 Å². The first-order valence-corrected chi connectivity index (χ1v) is 5.52. The molecule has 0 saturated carbocycles. The third-order valence-corrected chi connectivity index (χ3v) is 2.39. The maximum Gasteiger partial charge on any atom is 0.269 e. The summed E-state index contributed by atoms with van der Waals surface area (Å²) in [6.45, 7) is 0.179. The Hall–Kier alpha value is -2.62. The van der Waals surface area contributed by atoms with Crippen molar-refractivity contribution in [2.75, 3.05) is 20.2 Å². The van der Waals surface area contributed by atoms with Gasteiger partial charge in [0.25, 0.3) is 11.6 Å². The molecule has 0 fully saturated rings. The van der Waals surface area contributed by atoms with Crippen molar-refractivity contribution >= 4 is 11.6 Å². The first-order valence-electron chi connectivity index (χ1n) is 5.52. The van der Waals surface area contributed by atoms with E-state index in [0.717, 1.165) is 0 Å². The largest absolute Gasteiger partial charge is 0.484 e. The number of carbonyl (C=O) groups is 1. The van der Waals surface area contributed by atoms with Crippen LogP contribution in [0.15, 0.2) is 24.3 Å². The number of benzene rings is 1. The molecule has 7 nitrogen and oxygen atoms in total. The zero-order chi connectivity index (χ0) is 14.3. The monoisotopic (exact) mass is 263 g/mol. The average molecular weight is 263 g/mol. The van der Waals surface area contributed by atoms with Crippen molar-refractivity contribution in [3.63, 3.8) is 0 Å². The zero-order valence-corrected chi connectivity index (χ0v) is 10.4. The van der Waals surface area contributed by atoms with E-state index >= 15 is 0 Å². The van der Waals surface area contributed by atoms with Crippen molar-refractivity contribution in [2.45, 2.75) is 6.42 Å². The summed E-state index contributed by atoms with van der Waals surface area (Å²) < 4.78 is 5.21. The van der Waals surface area contributed by atoms with Gasteiger partial charge in [0.15, 0.2) is 6.61 Å². The minimum atomic E-state index is -0.509. The maximum atomic E-state index is 11.6. The van der Waals surface area contributed by atoms with Gasteiger partial charge in [0.2, 0.25) is 0 Å². The van der Waals surface area contributed by atoms with Gasteiger partial charge < -0.3 is 9.64 Å². The molecule has 1 rings (SSSR count). The van der Waals surface area contributed by atoms with Gasteiger partial charge in [0.05, 0.1) is 17.4 Å². The Morgan fingerprint density at radius 1 is 1.47 bits per heavy atom. The summed E-state index contributed by atoms with van der Waals surface area (Å²) >= 11 is 0. The van der Waals surface area contributed by atoms with E-state index in [1.165, 1.54) is 29.2 Å². The van der Waals surface area contributed by atoms with E-state index in [1.54, 1.807) is 7.05 Å². The first-order chi connectivity index (χ1) is 9.04. The van der Waals surface area contributed by atoms with Crippen LogP contribution in [0.2, 0.25) is 0 Å². The SMILES string of the molecule is CN(CCC#N)C(=O)COc1ccc([N+](=O)[O-])cc1. The number of non-ortho nitro benzene ring substituents is 1. The minimum Gasteiger partial charge on any atom is -0.484 e. The van der Waals surface area contributed by atoms with Crippen LogP contribution in [0.4, 0.5) is 5.69 Å². The number of nitriles is 1. The quantitative estimate of drug-likeness (QED) is 0.570. The topological polar surface area (TPSA) is 96.5 Å². The Kier molecular flexibility index (Phi) is 5.29. The van der Waals surface area contributed by atoms with Crippen molar-refractivity contribution in [1.29, 1.82) is 5.26 Å². The predicted molar refractivity (Wildman–Crippen MR) is 66.5 cm³/mol. The van der Waals surface area contributed by atoms with E-state index in [0.29, 0.717) is 12.3 Å². The van der Waals surface area contributed by atoms with Gasteiger partial charge in [0.1, 0.15) is 5.75 Å². The van der Waals surface area contributed by atoms with Gasteiger partial charge in [-0.25, -0.2) is 0 Å². The second-order valence-electron chi connectivity index (χ2n) is 3.76. The van der Waals surface area contributed by atoms with E-state index in [2.05, 4.69) is 0 Å². The smallest absolute Gasteiger partial charge is 0.269 e. The summed E-state index contributed by atoms with van der Waals surface area (Å²) in [5.41, 5.74) is -0.0372. The predicted octanol–water partition coefficient (Wildman–Crippen LogP) is 1.35. The fraction of sp³-hybridized carbons (Fsp3) is 0.333. The maximum absolute atomic E-state index is 11.6. The number of nitro groups is 1. The van der Waals surface area contributed by atoms with E-state index in [4.69, 9.17) is 10.00 Å². The Morgan fingerprint density at radius 2 is 2.11 bits per heavy atom. The molecule has 0 aromatic heterocycles. The molecule has 1 aromatic rings. The van der Waals surface area contributed by atoms with Gasteiger partial charge in [-0.2, -0.15) is 5.26 Å². The van der Waals surface area contributed by atoms with E-state index in [9.17, 15) is 14.9 Å². The molecule has 0 radical (unpaired) electrons. The Labute approximate surface area is 110 Å². The Morgan fingerprint density at radius 3 is 2.63 bits per heavy atom. The van der Waals surface area contributed by atoms with Crippen LogP contribution in [-0.4, -0.2) is 35.9 Å². The van der Waals surface area contributed by atoms with E-state index < -0.39 is 4.92 Å². The molecule has 0 atom stereocenters. The van der Waals surface area contributed by atoms with Crippen molar-refractivity contribution in [3.05, 3.63) is 34.4 Å². The van der Waals surface area contributed by atoms with Crippen LogP contribution >= 0.6 is 0 Å². The summed E-state index contributed by atoms with van der Waals surface area (Å²) in [5, 5.41) is 18.8. The number of likely N-dealkylation sites (N-methyl/N-ethyl adjacent to an activating group) is 1. The third-order valence-electron chi connectivity index (χ3n) is 2.39. The lowest BCUT2D eigenvalue weighted by atomic mass is 10.3. The average Bonchev–Trinajstić information content (AvgIpc) is 2.42. The highest BCUT2D eigenvalue weighted by Crippen LogP contribution is 2.17. The van der Waals surface area contributed by atoms with Crippen molar-refractivity contribution < 1.29 is 14.5 Å². The summed E-state index contributed by atoms with van der Waals surface area (Å²) in [4.78, 5) is 22.9. The van der Waals surface area contributed by atoms with E-state index in [-0.39, 0.29) is 24.6 Å². The minimum absolute atomic E-state index is 0.0372. The number of ether oxygens (including phenoxy) is 1. The highest BCUT2D eigenvalue weighted by Gasteiger charge is 2.10. The fourth-order valence-electron chi connectivity index (χ4n) is 1.26. The van der Waals surface area contributed by atoms with Crippen LogP contribution in [0.25, 0.3) is 0 Å². The summed E-state index contributed by atoms with van der Waals surface area (Å²) in [5.74, 6) is 0.126. The number of hydrogen-bond donors (Lipinski definition) is 0. The molecule has 0 heterocycles. The van der Waals surface area contributed by atoms with Crippen LogP contribution < -0.4 is 4.74 Å². The number of amides is 1. The standard InChI is InChI=1S/C12H13N3O4/c1-14(8-2-7-13)12(16)9-19-11-5-3-10(4-6-11)15(17)18/h3-6H,2,8-9H2,1H3. The van der Waals surface area contributed by atoms with Crippen molar-refractivity contribution in [3.8, 4) is 11.8 Å². The van der Waals surface area contributed by atoms with Crippen LogP contribution in [0, 0.1) is 21.4 Å². The fourth-order valence-corrected chi connectivity index (χ4v) is 1.26. The normalized spacial score (nSPS) is 9.47. The summed E-state index contributed by atoms with van der Waals surface area (Å²) in [6.07, 6.45) is 0.264. The Balaban J connectivity index is 2.46. The molecule has 0 saturated heterocycles. The second-order valence-corrected chi connectivity index (χ2v) is 3.76. The van der Waals surface area contributed by atoms with E-state index in [1.807, 2.05) is 6.07 Å². The first kappa shape index (κ1) is 14.4. The molecule has 0 aliphatic heterocycles. The lowest BCUT2D eigenvalue weighted by molar-refractivity contribution is -0.384. The molecule has 0 spiro atoms. The molecule has 0 aliphatic rings. The zero-order valence-electron chi connectivity index (χ0n) is 10.4. The molecular weight excluding hydrogens is 250 g/mol. The van der Waals surface area contributed by atoms with Crippen LogP contribution in [-0.2, 0) is 4.79 Å². The van der Waals surface area contributed by atoms with Gasteiger partial charge >= 0.3 is 0 Å². The molecule has 1 amide bonds. The molecule has 1 aromatic carbocycles. The third kappa shape index (κ3) is 4.63. The lowest BCUT2D eigenvalue weighted by Gasteiger charge is -2.15. The second kappa shape index (κ2) is 6.96. The molecular formula is C12H13N3O4. The highest BCUT2D eigenvalue weighted by molar-refractivity contribution is 5.77. The van der Waals surface area contributed by atoms with Crippen molar-refractivity contribution in [2.24, 2.45) is 0 Å². The number of hydrogen-bond acceptors (Lipinski definition) is 5. The Bertz CT molecular complexity index is 493. The number of carbonyl (C=O) groups excluding carboxylic acids is 1. The number of nitrogens with zero attached hydrogens (tertiary/aromatic N) is 3.